The zero-order valence-electron chi connectivity index (χ0n) is 12.4. The lowest BCUT2D eigenvalue weighted by molar-refractivity contribution is 1.38. The SMILES string of the molecule is S=C(S)N(c1ccccc1)c1ccc(Nc2ccccc2)cc1. The summed E-state index contributed by atoms with van der Waals surface area (Å²) >= 11 is 9.66. The van der Waals surface area contributed by atoms with E-state index in [0.717, 1.165) is 22.7 Å². The summed E-state index contributed by atoms with van der Waals surface area (Å²) in [5.41, 5.74) is 4.06. The second kappa shape index (κ2) is 7.31. The third kappa shape index (κ3) is 3.92. The summed E-state index contributed by atoms with van der Waals surface area (Å²) < 4.78 is 0.514. The fourth-order valence-corrected chi connectivity index (χ4v) is 2.77. The lowest BCUT2D eigenvalue weighted by Gasteiger charge is -2.23. The van der Waals surface area contributed by atoms with Crippen molar-refractivity contribution in [3.05, 3.63) is 84.9 Å². The van der Waals surface area contributed by atoms with Crippen LogP contribution in [0.1, 0.15) is 0 Å². The van der Waals surface area contributed by atoms with Crippen LogP contribution in [0.4, 0.5) is 22.7 Å². The first-order valence-corrected chi connectivity index (χ1v) is 8.10. The van der Waals surface area contributed by atoms with Gasteiger partial charge in [-0.05, 0) is 48.5 Å². The second-order valence-electron chi connectivity index (χ2n) is 4.99. The minimum Gasteiger partial charge on any atom is -0.356 e. The molecule has 114 valence electrons. The van der Waals surface area contributed by atoms with E-state index in [9.17, 15) is 0 Å². The Hall–Kier alpha value is -2.30. The number of thiol groups is 1. The predicted molar refractivity (Wildman–Crippen MR) is 106 cm³/mol. The molecule has 4 heteroatoms. The molecule has 0 aliphatic carbocycles. The molecule has 1 N–H and O–H groups in total. The molecule has 3 aromatic carbocycles. The van der Waals surface area contributed by atoms with Gasteiger partial charge in [0.05, 0.1) is 0 Å². The number of nitrogens with one attached hydrogen (secondary N) is 1. The zero-order chi connectivity index (χ0) is 16.1. The third-order valence-corrected chi connectivity index (χ3v) is 3.78. The topological polar surface area (TPSA) is 15.3 Å². The molecule has 0 aliphatic heterocycles. The first-order chi connectivity index (χ1) is 11.2. The molecular weight excluding hydrogens is 320 g/mol. The highest BCUT2D eigenvalue weighted by atomic mass is 32.1. The number of hydrogen-bond acceptors (Lipinski definition) is 2. The Kier molecular flexibility index (Phi) is 4.95. The van der Waals surface area contributed by atoms with Crippen LogP contribution in [0.5, 0.6) is 0 Å². The molecule has 0 aromatic heterocycles. The molecule has 2 nitrogen and oxygen atoms in total. The van der Waals surface area contributed by atoms with E-state index in [1.807, 2.05) is 89.8 Å². The van der Waals surface area contributed by atoms with Crippen molar-refractivity contribution < 1.29 is 0 Å². The van der Waals surface area contributed by atoms with Gasteiger partial charge in [-0.15, -0.1) is 12.6 Å². The fraction of sp³-hybridized carbons (Fsp3) is 0. The lowest BCUT2D eigenvalue weighted by Crippen LogP contribution is -2.19. The summed E-state index contributed by atoms with van der Waals surface area (Å²) in [5.74, 6) is 0. The van der Waals surface area contributed by atoms with Crippen LogP contribution in [0.25, 0.3) is 0 Å². The number of para-hydroxylation sites is 2. The van der Waals surface area contributed by atoms with Gasteiger partial charge in [-0.2, -0.15) is 0 Å². The first-order valence-electron chi connectivity index (χ1n) is 7.24. The van der Waals surface area contributed by atoms with Gasteiger partial charge in [0.25, 0.3) is 0 Å². The van der Waals surface area contributed by atoms with E-state index in [-0.39, 0.29) is 0 Å². The van der Waals surface area contributed by atoms with Crippen molar-refractivity contribution in [3.8, 4) is 0 Å². The first kappa shape index (κ1) is 15.6. The van der Waals surface area contributed by atoms with E-state index in [2.05, 4.69) is 17.9 Å². The number of nitrogens with zero attached hydrogens (tertiary/aromatic N) is 1. The number of thiocarbonyl (C=S) groups is 1. The number of hydrogen-bond donors (Lipinski definition) is 2. The molecular formula is C19H16N2S2. The molecule has 0 fully saturated rings. The molecule has 0 saturated carbocycles. The van der Waals surface area contributed by atoms with Gasteiger partial charge in [-0.3, -0.25) is 4.90 Å². The molecule has 0 radical (unpaired) electrons. The van der Waals surface area contributed by atoms with Gasteiger partial charge >= 0.3 is 0 Å². The van der Waals surface area contributed by atoms with E-state index in [1.54, 1.807) is 0 Å². The Balaban J connectivity index is 1.84. The van der Waals surface area contributed by atoms with Gasteiger partial charge in [0.1, 0.15) is 4.32 Å². The van der Waals surface area contributed by atoms with Crippen molar-refractivity contribution in [3.63, 3.8) is 0 Å². The average molecular weight is 336 g/mol. The molecule has 0 unspecified atom stereocenters. The molecule has 0 spiro atoms. The van der Waals surface area contributed by atoms with Crippen LogP contribution in [0.2, 0.25) is 0 Å². The van der Waals surface area contributed by atoms with E-state index >= 15 is 0 Å². The summed E-state index contributed by atoms with van der Waals surface area (Å²) in [5, 5.41) is 3.37. The van der Waals surface area contributed by atoms with Crippen molar-refractivity contribution in [1.82, 2.24) is 0 Å². The van der Waals surface area contributed by atoms with Gasteiger partial charge in [0.15, 0.2) is 0 Å². The maximum Gasteiger partial charge on any atom is 0.142 e. The van der Waals surface area contributed by atoms with E-state index < -0.39 is 0 Å². The van der Waals surface area contributed by atoms with Crippen LogP contribution in [-0.2, 0) is 0 Å². The molecule has 0 atom stereocenters. The van der Waals surface area contributed by atoms with Crippen molar-refractivity contribution in [2.75, 3.05) is 10.2 Å². The van der Waals surface area contributed by atoms with Crippen LogP contribution in [-0.4, -0.2) is 4.32 Å². The monoisotopic (exact) mass is 336 g/mol. The van der Waals surface area contributed by atoms with Crippen LogP contribution in [0, 0.1) is 0 Å². The van der Waals surface area contributed by atoms with Crippen LogP contribution in [0.3, 0.4) is 0 Å². The Bertz CT molecular complexity index is 771. The minimum absolute atomic E-state index is 0.514. The molecule has 23 heavy (non-hydrogen) atoms. The Morgan fingerprint density at radius 2 is 1.17 bits per heavy atom. The average Bonchev–Trinajstić information content (AvgIpc) is 2.58. The van der Waals surface area contributed by atoms with E-state index in [4.69, 9.17) is 12.2 Å². The Morgan fingerprint density at radius 1 is 0.696 bits per heavy atom. The molecule has 0 heterocycles. The standard InChI is InChI=1S/C19H16N2S2/c22-19(23)21(17-9-5-2-6-10-17)18-13-11-16(12-14-18)20-15-7-3-1-4-8-15/h1-14,20H,(H,22,23). The quantitative estimate of drug-likeness (QED) is 0.464. The highest BCUT2D eigenvalue weighted by molar-refractivity contribution is 8.11. The largest absolute Gasteiger partial charge is 0.356 e. The highest BCUT2D eigenvalue weighted by Gasteiger charge is 2.11. The van der Waals surface area contributed by atoms with Gasteiger partial charge in [0, 0.05) is 22.7 Å². The highest BCUT2D eigenvalue weighted by Crippen LogP contribution is 2.28. The van der Waals surface area contributed by atoms with Crippen LogP contribution in [0.15, 0.2) is 84.9 Å². The predicted octanol–water partition coefficient (Wildman–Crippen LogP) is 5.78. The molecule has 0 amide bonds. The van der Waals surface area contributed by atoms with Crippen molar-refractivity contribution >= 4 is 51.9 Å². The third-order valence-electron chi connectivity index (χ3n) is 3.39. The summed E-state index contributed by atoms with van der Waals surface area (Å²) in [4.78, 5) is 1.94. The zero-order valence-corrected chi connectivity index (χ0v) is 14.1. The minimum atomic E-state index is 0.514. The van der Waals surface area contributed by atoms with Crippen molar-refractivity contribution in [1.29, 1.82) is 0 Å². The summed E-state index contributed by atoms with van der Waals surface area (Å²) in [6.07, 6.45) is 0. The van der Waals surface area contributed by atoms with Gasteiger partial charge < -0.3 is 5.32 Å². The second-order valence-corrected chi connectivity index (χ2v) is 6.10. The molecule has 3 rings (SSSR count). The Labute approximate surface area is 147 Å². The van der Waals surface area contributed by atoms with Crippen LogP contribution >= 0.6 is 24.8 Å². The lowest BCUT2D eigenvalue weighted by atomic mass is 10.2. The van der Waals surface area contributed by atoms with E-state index in [0.29, 0.717) is 4.32 Å². The maximum absolute atomic E-state index is 5.29. The van der Waals surface area contributed by atoms with Gasteiger partial charge in [0.2, 0.25) is 0 Å². The summed E-state index contributed by atoms with van der Waals surface area (Å²) in [7, 11) is 0. The molecule has 0 aliphatic rings. The number of benzene rings is 3. The number of rotatable bonds is 4. The summed E-state index contributed by atoms with van der Waals surface area (Å²) in [6, 6.07) is 28.2. The van der Waals surface area contributed by atoms with Crippen molar-refractivity contribution in [2.24, 2.45) is 0 Å². The molecule has 0 saturated heterocycles. The molecule has 3 aromatic rings. The van der Waals surface area contributed by atoms with Gasteiger partial charge in [-0.1, -0.05) is 48.6 Å². The smallest absolute Gasteiger partial charge is 0.142 e. The normalized spacial score (nSPS) is 10.1. The number of anilines is 4. The summed E-state index contributed by atoms with van der Waals surface area (Å²) in [6.45, 7) is 0. The van der Waals surface area contributed by atoms with Crippen LogP contribution < -0.4 is 10.2 Å². The Morgan fingerprint density at radius 3 is 1.74 bits per heavy atom. The molecule has 0 bridgehead atoms. The van der Waals surface area contributed by atoms with Crippen molar-refractivity contribution in [2.45, 2.75) is 0 Å². The van der Waals surface area contributed by atoms with Gasteiger partial charge in [-0.25, -0.2) is 0 Å². The van der Waals surface area contributed by atoms with E-state index in [1.165, 1.54) is 0 Å². The fourth-order valence-electron chi connectivity index (χ4n) is 2.33. The maximum atomic E-state index is 5.29.